The molecule has 2 aliphatic carbocycles. The maximum Gasteiger partial charge on any atom is 0.313 e. The van der Waals surface area contributed by atoms with Crippen LogP contribution in [0.2, 0.25) is 0 Å². The van der Waals surface area contributed by atoms with E-state index in [2.05, 4.69) is 0 Å². The largest absolute Gasteiger partial charge is 0.481 e. The summed E-state index contributed by atoms with van der Waals surface area (Å²) >= 11 is 0. The standard InChI is InChI=1S/C14H20O4.C10H20O3.C6H12O2/c1-4-14(2,3)13(16)18-10-7-5-8-9(6-7)12(15)17-11(8)10;1-6-10(4,5)9(11)13-8(3)12-7-2;1-4-6(2,3)5(7)8/h7-11H,4-6H2,1-3H3;8H,6-7H2,1-5H3;4H2,1-3H3,(H,7,8). The summed E-state index contributed by atoms with van der Waals surface area (Å²) in [6, 6.07) is 0. The van der Waals surface area contributed by atoms with Gasteiger partial charge in [-0.05, 0) is 87.5 Å². The molecule has 0 aromatic heterocycles. The minimum Gasteiger partial charge on any atom is -0.481 e. The summed E-state index contributed by atoms with van der Waals surface area (Å²) in [6.45, 7) is 20.9. The number of hydrogen-bond donors (Lipinski definition) is 1. The van der Waals surface area contributed by atoms with E-state index in [-0.39, 0.29) is 36.0 Å². The van der Waals surface area contributed by atoms with Crippen LogP contribution in [0.25, 0.3) is 0 Å². The highest BCUT2D eigenvalue weighted by Gasteiger charge is 2.63. The van der Waals surface area contributed by atoms with Crippen molar-refractivity contribution in [2.75, 3.05) is 6.61 Å². The number of hydrogen-bond acceptors (Lipinski definition) is 8. The molecule has 2 bridgehead atoms. The molecule has 3 rings (SSSR count). The summed E-state index contributed by atoms with van der Waals surface area (Å²) in [5.41, 5.74) is -1.41. The van der Waals surface area contributed by atoms with Gasteiger partial charge in [0.05, 0.1) is 22.2 Å². The molecule has 3 aliphatic rings. The quantitative estimate of drug-likeness (QED) is 0.203. The Morgan fingerprint density at radius 3 is 1.85 bits per heavy atom. The van der Waals surface area contributed by atoms with Crippen molar-refractivity contribution in [1.29, 1.82) is 0 Å². The minimum atomic E-state index is -0.722. The van der Waals surface area contributed by atoms with E-state index < -0.39 is 28.5 Å². The Morgan fingerprint density at radius 1 is 0.897 bits per heavy atom. The number of fused-ring (bicyclic) bond motifs is 1. The third-order valence-corrected chi connectivity index (χ3v) is 8.67. The van der Waals surface area contributed by atoms with Gasteiger partial charge >= 0.3 is 23.9 Å². The van der Waals surface area contributed by atoms with Crippen LogP contribution in [0, 0.1) is 34.0 Å². The Labute approximate surface area is 234 Å². The number of ether oxygens (including phenoxy) is 4. The summed E-state index contributed by atoms with van der Waals surface area (Å²) in [7, 11) is 0. The predicted molar refractivity (Wildman–Crippen MR) is 146 cm³/mol. The molecule has 0 radical (unpaired) electrons. The number of carboxylic acids is 1. The fraction of sp³-hybridized carbons (Fsp3) is 0.867. The van der Waals surface area contributed by atoms with Crippen LogP contribution in [-0.4, -0.2) is 54.1 Å². The van der Waals surface area contributed by atoms with Gasteiger partial charge in [-0.15, -0.1) is 0 Å². The molecular formula is C30H52O9. The lowest BCUT2D eigenvalue weighted by Crippen LogP contribution is -2.39. The van der Waals surface area contributed by atoms with Crippen LogP contribution in [-0.2, 0) is 38.1 Å². The molecule has 39 heavy (non-hydrogen) atoms. The lowest BCUT2D eigenvalue weighted by atomic mass is 9.87. The fourth-order valence-electron chi connectivity index (χ4n) is 4.37. The minimum absolute atomic E-state index is 0.0779. The maximum atomic E-state index is 12.1. The van der Waals surface area contributed by atoms with Crippen LogP contribution in [0.5, 0.6) is 0 Å². The molecule has 6 atom stereocenters. The topological polar surface area (TPSA) is 125 Å². The highest BCUT2D eigenvalue weighted by Crippen LogP contribution is 2.55. The Hall–Kier alpha value is -2.16. The van der Waals surface area contributed by atoms with Crippen LogP contribution in [0.4, 0.5) is 0 Å². The van der Waals surface area contributed by atoms with Crippen LogP contribution in [0.1, 0.15) is 108 Å². The summed E-state index contributed by atoms with van der Waals surface area (Å²) in [4.78, 5) is 45.5. The van der Waals surface area contributed by atoms with Crippen molar-refractivity contribution in [2.24, 2.45) is 34.0 Å². The van der Waals surface area contributed by atoms with Gasteiger partial charge in [-0.3, -0.25) is 19.2 Å². The van der Waals surface area contributed by atoms with Crippen molar-refractivity contribution in [1.82, 2.24) is 0 Å². The second-order valence-corrected chi connectivity index (χ2v) is 12.7. The van der Waals surface area contributed by atoms with Crippen LogP contribution in [0.15, 0.2) is 0 Å². The first-order valence-corrected chi connectivity index (χ1v) is 14.4. The van der Waals surface area contributed by atoms with Crippen LogP contribution >= 0.6 is 0 Å². The van der Waals surface area contributed by atoms with Gasteiger partial charge in [-0.1, -0.05) is 20.8 Å². The number of aliphatic carboxylic acids is 1. The zero-order chi connectivity index (χ0) is 30.3. The highest BCUT2D eigenvalue weighted by molar-refractivity contribution is 5.78. The predicted octanol–water partition coefficient (Wildman–Crippen LogP) is 5.77. The van der Waals surface area contributed by atoms with E-state index in [1.807, 2.05) is 55.4 Å². The molecule has 1 aliphatic heterocycles. The molecule has 6 unspecified atom stereocenters. The van der Waals surface area contributed by atoms with Gasteiger partial charge in [-0.2, -0.15) is 0 Å². The zero-order valence-electron chi connectivity index (χ0n) is 25.9. The molecule has 1 N–H and O–H groups in total. The van der Waals surface area contributed by atoms with Crippen molar-refractivity contribution in [3.05, 3.63) is 0 Å². The van der Waals surface area contributed by atoms with Gasteiger partial charge < -0.3 is 24.1 Å². The highest BCUT2D eigenvalue weighted by atomic mass is 16.7. The fourth-order valence-corrected chi connectivity index (χ4v) is 4.37. The SMILES string of the molecule is CCC(C)(C)C(=O)O.CCC(C)(C)C(=O)OC1C2CC3C(=O)OC1C3C2.CCOC(C)OC(=O)C(C)(C)CC. The van der Waals surface area contributed by atoms with Crippen LogP contribution in [0.3, 0.4) is 0 Å². The van der Waals surface area contributed by atoms with Crippen LogP contribution < -0.4 is 0 Å². The molecule has 9 heteroatoms. The first kappa shape index (κ1) is 34.9. The van der Waals surface area contributed by atoms with Gasteiger partial charge in [0.25, 0.3) is 0 Å². The number of rotatable bonds is 10. The Morgan fingerprint density at radius 2 is 1.41 bits per heavy atom. The lowest BCUT2D eigenvalue weighted by molar-refractivity contribution is -0.184. The summed E-state index contributed by atoms with van der Waals surface area (Å²) in [5, 5.41) is 8.44. The molecule has 0 aromatic rings. The molecule has 1 saturated heterocycles. The molecule has 1 heterocycles. The summed E-state index contributed by atoms with van der Waals surface area (Å²) in [5.74, 6) is -0.467. The van der Waals surface area contributed by atoms with Crippen molar-refractivity contribution < 1.29 is 43.2 Å². The van der Waals surface area contributed by atoms with E-state index in [1.165, 1.54) is 0 Å². The maximum absolute atomic E-state index is 12.1. The molecular weight excluding hydrogens is 504 g/mol. The molecule has 0 spiro atoms. The number of carbonyl (C=O) groups is 4. The van der Waals surface area contributed by atoms with E-state index in [9.17, 15) is 19.2 Å². The smallest absolute Gasteiger partial charge is 0.313 e. The lowest BCUT2D eigenvalue weighted by Gasteiger charge is -2.29. The van der Waals surface area contributed by atoms with Crippen molar-refractivity contribution in [3.63, 3.8) is 0 Å². The molecule has 226 valence electrons. The van der Waals surface area contributed by atoms with Crippen molar-refractivity contribution in [3.8, 4) is 0 Å². The van der Waals surface area contributed by atoms with E-state index in [0.717, 1.165) is 25.7 Å². The molecule has 0 amide bonds. The van der Waals surface area contributed by atoms with E-state index in [4.69, 9.17) is 24.1 Å². The van der Waals surface area contributed by atoms with Gasteiger partial charge in [0.15, 0.2) is 6.29 Å². The zero-order valence-corrected chi connectivity index (χ0v) is 25.9. The third-order valence-electron chi connectivity index (χ3n) is 8.67. The average Bonchev–Trinajstić information content (AvgIpc) is 3.50. The first-order valence-electron chi connectivity index (χ1n) is 14.4. The number of carbonyl (C=O) groups excluding carboxylic acids is 3. The first-order chi connectivity index (χ1) is 17.9. The number of esters is 3. The molecule has 3 fully saturated rings. The third kappa shape index (κ3) is 8.92. The van der Waals surface area contributed by atoms with E-state index in [1.54, 1.807) is 20.8 Å². The van der Waals surface area contributed by atoms with E-state index >= 15 is 0 Å². The Bertz CT molecular complexity index is 860. The van der Waals surface area contributed by atoms with Gasteiger partial charge in [0.2, 0.25) is 0 Å². The van der Waals surface area contributed by atoms with Crippen molar-refractivity contribution in [2.45, 2.75) is 127 Å². The molecule has 2 saturated carbocycles. The van der Waals surface area contributed by atoms with Gasteiger partial charge in [-0.25, -0.2) is 0 Å². The Kier molecular flexibility index (Phi) is 12.5. The Balaban J connectivity index is 0.000000320. The number of carboxylic acid groups (broad SMARTS) is 1. The van der Waals surface area contributed by atoms with E-state index in [0.29, 0.717) is 24.9 Å². The second kappa shape index (κ2) is 14.0. The van der Waals surface area contributed by atoms with Gasteiger partial charge in [0, 0.05) is 18.4 Å². The van der Waals surface area contributed by atoms with Gasteiger partial charge in [0.1, 0.15) is 12.2 Å². The monoisotopic (exact) mass is 556 g/mol. The second-order valence-electron chi connectivity index (χ2n) is 12.7. The van der Waals surface area contributed by atoms with Crippen molar-refractivity contribution >= 4 is 23.9 Å². The summed E-state index contributed by atoms with van der Waals surface area (Å²) in [6.07, 6.45) is 3.21. The normalized spacial score (nSPS) is 25.9. The molecule has 9 nitrogen and oxygen atoms in total. The molecule has 0 aromatic carbocycles. The average molecular weight is 557 g/mol. The summed E-state index contributed by atoms with van der Waals surface area (Å²) < 4.78 is 21.2.